The molecule has 0 unspecified atom stereocenters. The van der Waals surface area contributed by atoms with Crippen molar-refractivity contribution in [2.75, 3.05) is 0 Å². The second kappa shape index (κ2) is 5.30. The molecule has 0 bridgehead atoms. The van der Waals surface area contributed by atoms with Gasteiger partial charge in [0.05, 0.1) is 0 Å². The summed E-state index contributed by atoms with van der Waals surface area (Å²) in [6.45, 7) is 0. The van der Waals surface area contributed by atoms with Crippen LogP contribution in [0.5, 0.6) is 0 Å². The van der Waals surface area contributed by atoms with Crippen LogP contribution in [0.2, 0.25) is 5.02 Å². The topological polar surface area (TPSA) is 86.2 Å². The lowest BCUT2D eigenvalue weighted by Crippen LogP contribution is -2.18. The minimum absolute atomic E-state index is 0.0498. The lowest BCUT2D eigenvalue weighted by molar-refractivity contribution is 0.0999. The average molecular weight is 293 g/mol. The number of rotatable bonds is 3. The summed E-state index contributed by atoms with van der Waals surface area (Å²) >= 11 is 6.01. The van der Waals surface area contributed by atoms with E-state index in [4.69, 9.17) is 23.1 Å². The van der Waals surface area contributed by atoms with Gasteiger partial charge in [0.15, 0.2) is 0 Å². The maximum absolute atomic E-state index is 13.4. The molecule has 2 amide bonds. The highest BCUT2D eigenvalue weighted by Crippen LogP contribution is 2.33. The van der Waals surface area contributed by atoms with Crippen LogP contribution in [0.4, 0.5) is 4.39 Å². The molecule has 0 aliphatic carbocycles. The first kappa shape index (κ1) is 14.0. The average Bonchev–Trinajstić information content (AvgIpc) is 2.40. The second-order valence-electron chi connectivity index (χ2n) is 4.08. The van der Waals surface area contributed by atoms with Crippen LogP contribution in [-0.4, -0.2) is 11.8 Å². The van der Waals surface area contributed by atoms with Crippen LogP contribution in [0.25, 0.3) is 11.1 Å². The molecular formula is C14H10ClFN2O2. The number of nitrogens with two attached hydrogens (primary N) is 2. The Labute approximate surface area is 119 Å². The van der Waals surface area contributed by atoms with Gasteiger partial charge in [-0.15, -0.1) is 0 Å². The number of primary amides is 2. The molecule has 0 aromatic heterocycles. The molecule has 2 rings (SSSR count). The molecule has 0 saturated heterocycles. The number of hydrogen-bond donors (Lipinski definition) is 2. The molecule has 102 valence electrons. The summed E-state index contributed by atoms with van der Waals surface area (Å²) in [5.74, 6) is -2.08. The van der Waals surface area contributed by atoms with Gasteiger partial charge in [-0.1, -0.05) is 17.7 Å². The van der Waals surface area contributed by atoms with Crippen molar-refractivity contribution < 1.29 is 14.0 Å². The van der Waals surface area contributed by atoms with Crippen LogP contribution in [-0.2, 0) is 0 Å². The Bertz CT molecular complexity index is 684. The molecule has 0 spiro atoms. The van der Waals surface area contributed by atoms with Gasteiger partial charge in [0.2, 0.25) is 11.8 Å². The number of halogens is 2. The summed E-state index contributed by atoms with van der Waals surface area (Å²) in [6.07, 6.45) is 0. The zero-order valence-corrected chi connectivity index (χ0v) is 10.9. The van der Waals surface area contributed by atoms with E-state index in [0.717, 1.165) is 6.07 Å². The number of carbonyl (C=O) groups is 2. The Hall–Kier alpha value is -2.40. The molecule has 6 heteroatoms. The lowest BCUT2D eigenvalue weighted by atomic mass is 9.93. The van der Waals surface area contributed by atoms with E-state index < -0.39 is 17.6 Å². The second-order valence-corrected chi connectivity index (χ2v) is 4.49. The third-order valence-electron chi connectivity index (χ3n) is 2.79. The van der Waals surface area contributed by atoms with Gasteiger partial charge in [0, 0.05) is 27.3 Å². The highest BCUT2D eigenvalue weighted by molar-refractivity contribution is 6.34. The largest absolute Gasteiger partial charge is 0.366 e. The SMILES string of the molecule is NC(=O)c1cccc(C(N)=O)c1-c1cc(F)ccc1Cl. The Morgan fingerprint density at radius 3 is 2.05 bits per heavy atom. The van der Waals surface area contributed by atoms with Crippen molar-refractivity contribution in [3.05, 3.63) is 58.4 Å². The van der Waals surface area contributed by atoms with Crippen LogP contribution in [0.15, 0.2) is 36.4 Å². The standard InChI is InChI=1S/C14H10ClFN2O2/c15-11-5-4-7(16)6-10(11)12-8(13(17)19)2-1-3-9(12)14(18)20/h1-6H,(H2,17,19)(H2,18,20). The molecule has 4 nitrogen and oxygen atoms in total. The molecule has 0 fully saturated rings. The van der Waals surface area contributed by atoms with E-state index in [0.29, 0.717) is 0 Å². The molecule has 0 aliphatic heterocycles. The highest BCUT2D eigenvalue weighted by atomic mass is 35.5. The van der Waals surface area contributed by atoms with Crippen LogP contribution < -0.4 is 11.5 Å². The van der Waals surface area contributed by atoms with E-state index in [-0.39, 0.29) is 27.3 Å². The Kier molecular flexibility index (Phi) is 3.72. The van der Waals surface area contributed by atoms with Crippen molar-refractivity contribution in [1.82, 2.24) is 0 Å². The van der Waals surface area contributed by atoms with E-state index in [1.54, 1.807) is 0 Å². The summed E-state index contributed by atoms with van der Waals surface area (Å²) in [6, 6.07) is 7.93. The summed E-state index contributed by atoms with van der Waals surface area (Å²) < 4.78 is 13.4. The number of hydrogen-bond acceptors (Lipinski definition) is 2. The first-order valence-corrected chi connectivity index (χ1v) is 5.97. The monoisotopic (exact) mass is 292 g/mol. The first-order chi connectivity index (χ1) is 9.41. The molecule has 0 aliphatic rings. The molecule has 4 N–H and O–H groups in total. The van der Waals surface area contributed by atoms with Crippen molar-refractivity contribution >= 4 is 23.4 Å². The summed E-state index contributed by atoms with van der Waals surface area (Å²) in [5, 5.41) is 0.183. The van der Waals surface area contributed by atoms with Crippen molar-refractivity contribution in [2.45, 2.75) is 0 Å². The van der Waals surface area contributed by atoms with Gasteiger partial charge in [0.25, 0.3) is 0 Å². The van der Waals surface area contributed by atoms with Gasteiger partial charge in [-0.3, -0.25) is 9.59 Å². The van der Waals surface area contributed by atoms with Crippen molar-refractivity contribution in [1.29, 1.82) is 0 Å². The fraction of sp³-hybridized carbons (Fsp3) is 0. The predicted octanol–water partition coefficient (Wildman–Crippen LogP) is 2.34. The smallest absolute Gasteiger partial charge is 0.249 e. The fourth-order valence-corrected chi connectivity index (χ4v) is 2.15. The van der Waals surface area contributed by atoms with Crippen LogP contribution in [0, 0.1) is 5.82 Å². The molecule has 2 aromatic rings. The molecular weight excluding hydrogens is 283 g/mol. The maximum Gasteiger partial charge on any atom is 0.249 e. The Balaban J connectivity index is 2.86. The van der Waals surface area contributed by atoms with E-state index in [2.05, 4.69) is 0 Å². The van der Waals surface area contributed by atoms with Crippen molar-refractivity contribution in [3.63, 3.8) is 0 Å². The van der Waals surface area contributed by atoms with Gasteiger partial charge in [-0.2, -0.15) is 0 Å². The highest BCUT2D eigenvalue weighted by Gasteiger charge is 2.19. The van der Waals surface area contributed by atoms with Crippen LogP contribution >= 0.6 is 11.6 Å². The van der Waals surface area contributed by atoms with E-state index in [1.807, 2.05) is 0 Å². The third-order valence-corrected chi connectivity index (χ3v) is 3.12. The number of benzene rings is 2. The van der Waals surface area contributed by atoms with Gasteiger partial charge in [-0.25, -0.2) is 4.39 Å². The molecule has 0 radical (unpaired) electrons. The molecule has 20 heavy (non-hydrogen) atoms. The first-order valence-electron chi connectivity index (χ1n) is 5.60. The minimum Gasteiger partial charge on any atom is -0.366 e. The maximum atomic E-state index is 13.4. The molecule has 0 atom stereocenters. The van der Waals surface area contributed by atoms with Crippen molar-refractivity contribution in [2.24, 2.45) is 11.5 Å². The zero-order valence-electron chi connectivity index (χ0n) is 10.2. The van der Waals surface area contributed by atoms with Gasteiger partial charge < -0.3 is 11.5 Å². The van der Waals surface area contributed by atoms with Gasteiger partial charge >= 0.3 is 0 Å². The van der Waals surface area contributed by atoms with E-state index in [1.165, 1.54) is 30.3 Å². The zero-order chi connectivity index (χ0) is 14.9. The quantitative estimate of drug-likeness (QED) is 0.909. The minimum atomic E-state index is -0.761. The number of carbonyl (C=O) groups excluding carboxylic acids is 2. The third kappa shape index (κ3) is 2.48. The molecule has 2 aromatic carbocycles. The normalized spacial score (nSPS) is 10.3. The van der Waals surface area contributed by atoms with E-state index >= 15 is 0 Å². The predicted molar refractivity (Wildman–Crippen MR) is 73.9 cm³/mol. The fourth-order valence-electron chi connectivity index (χ4n) is 1.94. The van der Waals surface area contributed by atoms with Gasteiger partial charge in [0.1, 0.15) is 5.82 Å². The Morgan fingerprint density at radius 2 is 1.55 bits per heavy atom. The van der Waals surface area contributed by atoms with Crippen LogP contribution in [0.3, 0.4) is 0 Å². The molecule has 0 heterocycles. The summed E-state index contributed by atoms with van der Waals surface area (Å²) in [5.41, 5.74) is 11.0. The van der Waals surface area contributed by atoms with Crippen LogP contribution in [0.1, 0.15) is 20.7 Å². The molecule has 0 saturated carbocycles. The lowest BCUT2D eigenvalue weighted by Gasteiger charge is -2.12. The Morgan fingerprint density at radius 1 is 1.00 bits per heavy atom. The number of amides is 2. The summed E-state index contributed by atoms with van der Waals surface area (Å²) in [7, 11) is 0. The summed E-state index contributed by atoms with van der Waals surface area (Å²) in [4.78, 5) is 23.0. The van der Waals surface area contributed by atoms with Gasteiger partial charge in [-0.05, 0) is 30.3 Å². The van der Waals surface area contributed by atoms with E-state index in [9.17, 15) is 14.0 Å². The van der Waals surface area contributed by atoms with Crippen molar-refractivity contribution in [3.8, 4) is 11.1 Å².